The Labute approximate surface area is 112 Å². The Bertz CT molecular complexity index is 513. The SMILES string of the molecule is Cl.NCC1OCCc2c1cccc2-n1cccn1. The first-order chi connectivity index (χ1) is 8.40. The zero-order chi connectivity index (χ0) is 11.7. The fraction of sp³-hybridized carbons (Fsp3) is 0.308. The number of nitrogens with zero attached hydrogens (tertiary/aromatic N) is 2. The number of fused-ring (bicyclic) bond motifs is 1. The summed E-state index contributed by atoms with van der Waals surface area (Å²) in [6.45, 7) is 1.25. The zero-order valence-electron chi connectivity index (χ0n) is 9.95. The van der Waals surface area contributed by atoms with Crippen LogP contribution >= 0.6 is 12.4 Å². The number of nitrogens with two attached hydrogens (primary N) is 1. The Morgan fingerprint density at radius 1 is 1.39 bits per heavy atom. The minimum absolute atomic E-state index is 0. The molecule has 2 N–H and O–H groups in total. The predicted octanol–water partition coefficient (Wildman–Crippen LogP) is 1.87. The van der Waals surface area contributed by atoms with Crippen LogP contribution < -0.4 is 5.73 Å². The third-order valence-electron chi connectivity index (χ3n) is 3.17. The first-order valence-electron chi connectivity index (χ1n) is 5.83. The van der Waals surface area contributed by atoms with Crippen LogP contribution in [0.5, 0.6) is 0 Å². The van der Waals surface area contributed by atoms with Crippen LogP contribution in [0.4, 0.5) is 0 Å². The molecule has 0 aliphatic carbocycles. The summed E-state index contributed by atoms with van der Waals surface area (Å²) in [6, 6.07) is 8.15. The minimum atomic E-state index is 0. The molecule has 0 spiro atoms. The van der Waals surface area contributed by atoms with E-state index < -0.39 is 0 Å². The normalized spacial score (nSPS) is 17.9. The van der Waals surface area contributed by atoms with Crippen molar-refractivity contribution in [3.8, 4) is 5.69 Å². The van der Waals surface area contributed by atoms with Crippen molar-refractivity contribution in [1.29, 1.82) is 0 Å². The largest absolute Gasteiger partial charge is 0.372 e. The monoisotopic (exact) mass is 265 g/mol. The molecule has 1 aliphatic rings. The van der Waals surface area contributed by atoms with E-state index in [1.807, 2.05) is 23.0 Å². The summed E-state index contributed by atoms with van der Waals surface area (Å²) in [7, 11) is 0. The summed E-state index contributed by atoms with van der Waals surface area (Å²) in [5.74, 6) is 0. The average Bonchev–Trinajstić information content (AvgIpc) is 2.91. The highest BCUT2D eigenvalue weighted by Crippen LogP contribution is 2.30. The quantitative estimate of drug-likeness (QED) is 0.902. The van der Waals surface area contributed by atoms with E-state index in [9.17, 15) is 0 Å². The van der Waals surface area contributed by atoms with Gasteiger partial charge in [0.1, 0.15) is 0 Å². The van der Waals surface area contributed by atoms with Crippen LogP contribution in [0.1, 0.15) is 17.2 Å². The molecule has 4 nitrogen and oxygen atoms in total. The molecule has 0 amide bonds. The van der Waals surface area contributed by atoms with Gasteiger partial charge in [0.05, 0.1) is 18.4 Å². The van der Waals surface area contributed by atoms with E-state index >= 15 is 0 Å². The van der Waals surface area contributed by atoms with Crippen LogP contribution in [0.3, 0.4) is 0 Å². The van der Waals surface area contributed by atoms with E-state index in [0.717, 1.165) is 18.7 Å². The Kier molecular flexibility index (Phi) is 4.01. The van der Waals surface area contributed by atoms with Gasteiger partial charge in [-0.2, -0.15) is 5.10 Å². The topological polar surface area (TPSA) is 53.1 Å². The Morgan fingerprint density at radius 3 is 3.00 bits per heavy atom. The highest BCUT2D eigenvalue weighted by Gasteiger charge is 2.22. The lowest BCUT2D eigenvalue weighted by atomic mass is 9.96. The van der Waals surface area contributed by atoms with Crippen LogP contribution in [-0.2, 0) is 11.2 Å². The second-order valence-corrected chi connectivity index (χ2v) is 4.14. The maximum Gasteiger partial charge on any atom is 0.0950 e. The molecule has 1 atom stereocenters. The summed E-state index contributed by atoms with van der Waals surface area (Å²) in [5, 5.41) is 4.29. The third-order valence-corrected chi connectivity index (χ3v) is 3.17. The van der Waals surface area contributed by atoms with Gasteiger partial charge in [-0.1, -0.05) is 12.1 Å². The average molecular weight is 266 g/mol. The van der Waals surface area contributed by atoms with Crippen molar-refractivity contribution in [1.82, 2.24) is 9.78 Å². The number of ether oxygens (including phenoxy) is 1. The van der Waals surface area contributed by atoms with Gasteiger partial charge in [0.25, 0.3) is 0 Å². The van der Waals surface area contributed by atoms with E-state index in [1.165, 1.54) is 11.1 Å². The summed E-state index contributed by atoms with van der Waals surface area (Å²) in [6.07, 6.45) is 4.69. The predicted molar refractivity (Wildman–Crippen MR) is 72.3 cm³/mol. The molecule has 0 saturated carbocycles. The van der Waals surface area contributed by atoms with Gasteiger partial charge in [-0.3, -0.25) is 0 Å². The summed E-state index contributed by atoms with van der Waals surface area (Å²) in [4.78, 5) is 0. The van der Waals surface area contributed by atoms with Crippen molar-refractivity contribution in [2.75, 3.05) is 13.2 Å². The lowest BCUT2D eigenvalue weighted by Gasteiger charge is -2.26. The molecule has 0 fully saturated rings. The van der Waals surface area contributed by atoms with E-state index in [0.29, 0.717) is 6.54 Å². The Morgan fingerprint density at radius 2 is 2.28 bits per heavy atom. The number of hydrogen-bond acceptors (Lipinski definition) is 3. The summed E-state index contributed by atoms with van der Waals surface area (Å²) >= 11 is 0. The molecule has 2 heterocycles. The van der Waals surface area contributed by atoms with Gasteiger partial charge < -0.3 is 10.5 Å². The van der Waals surface area contributed by atoms with Crippen LogP contribution in [0.2, 0.25) is 0 Å². The van der Waals surface area contributed by atoms with Crippen molar-refractivity contribution >= 4 is 12.4 Å². The fourth-order valence-electron chi connectivity index (χ4n) is 2.38. The van der Waals surface area contributed by atoms with Gasteiger partial charge in [-0.25, -0.2) is 4.68 Å². The molecule has 0 bridgehead atoms. The van der Waals surface area contributed by atoms with Gasteiger partial charge in [-0.15, -0.1) is 12.4 Å². The number of rotatable bonds is 2. The zero-order valence-corrected chi connectivity index (χ0v) is 10.8. The summed E-state index contributed by atoms with van der Waals surface area (Å²) < 4.78 is 7.57. The first-order valence-corrected chi connectivity index (χ1v) is 5.83. The molecule has 1 aromatic heterocycles. The molecule has 5 heteroatoms. The molecule has 2 aromatic rings. The van der Waals surface area contributed by atoms with Gasteiger partial charge >= 0.3 is 0 Å². The van der Waals surface area contributed by atoms with E-state index in [-0.39, 0.29) is 18.5 Å². The number of benzene rings is 1. The third kappa shape index (κ3) is 2.14. The molecule has 0 saturated heterocycles. The van der Waals surface area contributed by atoms with Gasteiger partial charge in [0, 0.05) is 18.9 Å². The number of halogens is 1. The van der Waals surface area contributed by atoms with Crippen molar-refractivity contribution in [2.45, 2.75) is 12.5 Å². The van der Waals surface area contributed by atoms with E-state index in [1.54, 1.807) is 6.20 Å². The van der Waals surface area contributed by atoms with Crippen LogP contribution in [-0.4, -0.2) is 22.9 Å². The number of aromatic nitrogens is 2. The van der Waals surface area contributed by atoms with Crippen LogP contribution in [0.25, 0.3) is 5.69 Å². The van der Waals surface area contributed by atoms with Gasteiger partial charge in [0.15, 0.2) is 0 Å². The van der Waals surface area contributed by atoms with Gasteiger partial charge in [0.2, 0.25) is 0 Å². The second-order valence-electron chi connectivity index (χ2n) is 4.14. The molecule has 3 rings (SSSR count). The van der Waals surface area contributed by atoms with Crippen molar-refractivity contribution in [3.05, 3.63) is 47.8 Å². The number of hydrogen-bond donors (Lipinski definition) is 1. The highest BCUT2D eigenvalue weighted by molar-refractivity contribution is 5.85. The Hall–Kier alpha value is -1.36. The van der Waals surface area contributed by atoms with E-state index in [4.69, 9.17) is 10.5 Å². The van der Waals surface area contributed by atoms with Crippen molar-refractivity contribution in [3.63, 3.8) is 0 Å². The smallest absolute Gasteiger partial charge is 0.0950 e. The fourth-order valence-corrected chi connectivity index (χ4v) is 2.38. The summed E-state index contributed by atoms with van der Waals surface area (Å²) in [5.41, 5.74) is 9.38. The van der Waals surface area contributed by atoms with Crippen LogP contribution in [0.15, 0.2) is 36.7 Å². The Balaban J connectivity index is 0.00000120. The molecular weight excluding hydrogens is 250 g/mol. The second kappa shape index (κ2) is 5.52. The molecule has 1 aliphatic heterocycles. The van der Waals surface area contributed by atoms with E-state index in [2.05, 4.69) is 17.2 Å². The lowest BCUT2D eigenvalue weighted by molar-refractivity contribution is 0.0484. The first kappa shape index (κ1) is 13.1. The lowest BCUT2D eigenvalue weighted by Crippen LogP contribution is -2.24. The molecule has 1 unspecified atom stereocenters. The maximum atomic E-state index is 5.74. The standard InChI is InChI=1S/C13H15N3O.ClH/c14-9-13-11-3-1-4-12(10(11)5-8-17-13)16-7-2-6-15-16;/h1-4,6-7,13H,5,8-9,14H2;1H. The highest BCUT2D eigenvalue weighted by atomic mass is 35.5. The molecule has 1 aromatic carbocycles. The van der Waals surface area contributed by atoms with Crippen molar-refractivity contribution in [2.24, 2.45) is 5.73 Å². The molecule has 18 heavy (non-hydrogen) atoms. The van der Waals surface area contributed by atoms with Crippen LogP contribution in [0, 0.1) is 0 Å². The molecule has 0 radical (unpaired) electrons. The molecular formula is C13H16ClN3O. The van der Waals surface area contributed by atoms with Gasteiger partial charge in [-0.05, 0) is 29.7 Å². The maximum absolute atomic E-state index is 5.74. The van der Waals surface area contributed by atoms with Crippen molar-refractivity contribution < 1.29 is 4.74 Å². The minimum Gasteiger partial charge on any atom is -0.372 e. The molecule has 96 valence electrons.